The van der Waals surface area contributed by atoms with Crippen molar-refractivity contribution in [2.24, 2.45) is 4.99 Å². The van der Waals surface area contributed by atoms with E-state index >= 15 is 0 Å². The van der Waals surface area contributed by atoms with Gasteiger partial charge in [-0.25, -0.2) is 8.37 Å². The lowest BCUT2D eigenvalue weighted by atomic mass is 10.0. The van der Waals surface area contributed by atoms with Crippen LogP contribution >= 0.6 is 0 Å². The van der Waals surface area contributed by atoms with E-state index in [-0.39, 0.29) is 25.8 Å². The Bertz CT molecular complexity index is 550. The summed E-state index contributed by atoms with van der Waals surface area (Å²) in [6, 6.07) is 0. The fraction of sp³-hybridized carbons (Fsp3) is 0.875. The number of nitrogens with one attached hydrogen (secondary N) is 1. The molecule has 1 unspecified atom stereocenters. The summed E-state index contributed by atoms with van der Waals surface area (Å²) in [6.07, 6.45) is 21.7. The molecule has 9 heteroatoms. The third-order valence-corrected chi connectivity index (χ3v) is 6.07. The highest BCUT2D eigenvalue weighted by Gasteiger charge is 2.17. The predicted molar refractivity (Wildman–Crippen MR) is 139 cm³/mol. The molecule has 0 spiro atoms. The zero-order valence-electron chi connectivity index (χ0n) is 21.5. The zero-order chi connectivity index (χ0) is 23.8. The summed E-state index contributed by atoms with van der Waals surface area (Å²) in [6.45, 7) is 5.74. The van der Waals surface area contributed by atoms with E-state index in [1.165, 1.54) is 70.6 Å². The van der Waals surface area contributed by atoms with Crippen LogP contribution in [0.1, 0.15) is 104 Å². The topological polar surface area (TPSA) is 134 Å². The Balaban J connectivity index is 0. The molecule has 0 bridgehead atoms. The zero-order valence-corrected chi connectivity index (χ0v) is 22.3. The van der Waals surface area contributed by atoms with Crippen LogP contribution < -0.4 is 11.5 Å². The van der Waals surface area contributed by atoms with E-state index in [4.69, 9.17) is 9.29 Å². The van der Waals surface area contributed by atoms with Crippen LogP contribution in [-0.2, 0) is 18.8 Å². The SMILES string of the molecule is C1=NCCN1.CCCCCCCCCCCCCC/C=C/C(CCO)OS(=O)(=O)OCC.[NH4+]. The van der Waals surface area contributed by atoms with E-state index < -0.39 is 16.5 Å². The predicted octanol–water partition coefficient (Wildman–Crippen LogP) is 5.68. The van der Waals surface area contributed by atoms with Crippen LogP contribution in [0.25, 0.3) is 0 Å². The number of rotatable bonds is 20. The smallest absolute Gasteiger partial charge is 0.396 e. The van der Waals surface area contributed by atoms with Crippen LogP contribution in [0.5, 0.6) is 0 Å². The highest BCUT2D eigenvalue weighted by molar-refractivity contribution is 7.81. The van der Waals surface area contributed by atoms with Gasteiger partial charge in [-0.3, -0.25) is 4.99 Å². The standard InChI is InChI=1S/C21H42O5S.C3H6N2.H3N/c1-3-5-6-7-8-9-10-11-12-13-14-15-16-17-18-21(19-20-22)26-27(23,24)25-4-2;1-2-5-3-4-1;/h17-18,21-22H,3-16,19-20H2,1-2H3;3H,1-2H2,(H,4,5);1H3/p+1/b18-17+;;. The quantitative estimate of drug-likeness (QED) is 0.147. The molecule has 33 heavy (non-hydrogen) atoms. The molecule has 0 aromatic carbocycles. The van der Waals surface area contributed by atoms with Crippen LogP contribution in [0.15, 0.2) is 17.1 Å². The van der Waals surface area contributed by atoms with Gasteiger partial charge in [0.2, 0.25) is 0 Å². The van der Waals surface area contributed by atoms with Gasteiger partial charge in [0.25, 0.3) is 0 Å². The van der Waals surface area contributed by atoms with Crippen molar-refractivity contribution in [3.8, 4) is 0 Å². The summed E-state index contributed by atoms with van der Waals surface area (Å²) in [4.78, 5) is 3.85. The molecule has 1 atom stereocenters. The number of unbranched alkanes of at least 4 members (excludes halogenated alkanes) is 12. The Labute approximate surface area is 203 Å². The monoisotopic (exact) mass is 494 g/mol. The molecule has 1 aliphatic rings. The average Bonchev–Trinajstić information content (AvgIpc) is 3.34. The van der Waals surface area contributed by atoms with Crippen molar-refractivity contribution < 1.29 is 21.9 Å². The van der Waals surface area contributed by atoms with Gasteiger partial charge in [-0.15, -0.1) is 0 Å². The molecule has 0 aliphatic carbocycles. The van der Waals surface area contributed by atoms with Crippen LogP contribution in [0.3, 0.4) is 0 Å². The number of aliphatic hydroxyl groups excluding tert-OH is 1. The van der Waals surface area contributed by atoms with Gasteiger partial charge in [0.05, 0.1) is 25.6 Å². The summed E-state index contributed by atoms with van der Waals surface area (Å²) >= 11 is 0. The van der Waals surface area contributed by atoms with Crippen molar-refractivity contribution in [1.82, 2.24) is 11.5 Å². The molecule has 0 saturated heterocycles. The Morgan fingerprint density at radius 2 is 1.58 bits per heavy atom. The molecule has 198 valence electrons. The molecule has 1 rings (SSSR count). The number of hydrogen-bond acceptors (Lipinski definition) is 7. The van der Waals surface area contributed by atoms with E-state index in [1.807, 2.05) is 6.08 Å². The molecule has 6 N–H and O–H groups in total. The number of allylic oxidation sites excluding steroid dienone is 1. The van der Waals surface area contributed by atoms with E-state index in [1.54, 1.807) is 19.3 Å². The van der Waals surface area contributed by atoms with E-state index in [0.29, 0.717) is 0 Å². The molecule has 1 heterocycles. The second kappa shape index (κ2) is 25.6. The number of quaternary nitrogens is 1. The minimum atomic E-state index is -3.98. The first-order valence-electron chi connectivity index (χ1n) is 12.6. The Kier molecular flexibility index (Phi) is 26.5. The van der Waals surface area contributed by atoms with Crippen molar-refractivity contribution in [2.75, 3.05) is 26.3 Å². The van der Waals surface area contributed by atoms with E-state index in [9.17, 15) is 8.42 Å². The molecule has 1 aliphatic heterocycles. The van der Waals surface area contributed by atoms with Gasteiger partial charge in [-0.1, -0.05) is 89.7 Å². The second-order valence-electron chi connectivity index (χ2n) is 8.06. The summed E-state index contributed by atoms with van der Waals surface area (Å²) in [5.41, 5.74) is 0. The molecule has 0 radical (unpaired) electrons. The second-order valence-corrected chi connectivity index (χ2v) is 9.30. The van der Waals surface area contributed by atoms with Crippen molar-refractivity contribution >= 4 is 16.7 Å². The summed E-state index contributed by atoms with van der Waals surface area (Å²) < 4.78 is 32.5. The third-order valence-electron chi connectivity index (χ3n) is 5.06. The van der Waals surface area contributed by atoms with Crippen molar-refractivity contribution in [3.63, 3.8) is 0 Å². The van der Waals surface area contributed by atoms with Crippen molar-refractivity contribution in [2.45, 2.75) is 110 Å². The minimum absolute atomic E-state index is 0. The van der Waals surface area contributed by atoms with Gasteiger partial charge >= 0.3 is 10.4 Å². The molecule has 0 amide bonds. The lowest BCUT2D eigenvalue weighted by Crippen LogP contribution is -2.19. The van der Waals surface area contributed by atoms with Gasteiger partial charge in [0.1, 0.15) is 0 Å². The maximum Gasteiger partial charge on any atom is 0.400 e. The molecule has 0 fully saturated rings. The Hall–Kier alpha value is -1.00. The van der Waals surface area contributed by atoms with Crippen molar-refractivity contribution in [3.05, 3.63) is 12.2 Å². The first-order chi connectivity index (χ1) is 15.6. The van der Waals surface area contributed by atoms with Crippen LogP contribution in [-0.4, -0.2) is 52.3 Å². The van der Waals surface area contributed by atoms with Gasteiger partial charge in [-0.05, 0) is 19.8 Å². The molecule has 0 aromatic rings. The highest BCUT2D eigenvalue weighted by Crippen LogP contribution is 2.13. The molecule has 8 nitrogen and oxygen atoms in total. The number of aliphatic hydroxyl groups is 1. The van der Waals surface area contributed by atoms with Gasteiger partial charge in [-0.2, -0.15) is 8.42 Å². The first kappa shape index (κ1) is 34.2. The summed E-state index contributed by atoms with van der Waals surface area (Å²) in [5.74, 6) is 0. The van der Waals surface area contributed by atoms with Crippen LogP contribution in [0.4, 0.5) is 0 Å². The fourth-order valence-electron chi connectivity index (χ4n) is 3.30. The van der Waals surface area contributed by atoms with Crippen LogP contribution in [0.2, 0.25) is 0 Å². The highest BCUT2D eigenvalue weighted by atomic mass is 32.3. The van der Waals surface area contributed by atoms with E-state index in [2.05, 4.69) is 21.4 Å². The number of hydrogen-bond donors (Lipinski definition) is 3. The molecule has 0 saturated carbocycles. The van der Waals surface area contributed by atoms with Gasteiger partial charge < -0.3 is 16.6 Å². The maximum absolute atomic E-state index is 11.5. The minimum Gasteiger partial charge on any atom is -0.396 e. The third kappa shape index (κ3) is 25.5. The largest absolute Gasteiger partial charge is 0.400 e. The Morgan fingerprint density at radius 3 is 2.00 bits per heavy atom. The summed E-state index contributed by atoms with van der Waals surface area (Å²) in [7, 11) is -3.98. The van der Waals surface area contributed by atoms with Gasteiger partial charge in [0, 0.05) is 19.6 Å². The maximum atomic E-state index is 11.5. The lowest BCUT2D eigenvalue weighted by Gasteiger charge is -2.12. The van der Waals surface area contributed by atoms with Gasteiger partial charge in [0.15, 0.2) is 0 Å². The van der Waals surface area contributed by atoms with Crippen molar-refractivity contribution in [1.29, 1.82) is 0 Å². The molecule has 0 aromatic heterocycles. The van der Waals surface area contributed by atoms with E-state index in [0.717, 1.165) is 25.9 Å². The fourth-order valence-corrected chi connectivity index (χ4v) is 4.11. The number of aliphatic imine (C=N–C) groups is 1. The number of nitrogens with zero attached hydrogens (tertiary/aromatic N) is 1. The lowest BCUT2D eigenvalue weighted by molar-refractivity contribution is 0.158. The summed E-state index contributed by atoms with van der Waals surface area (Å²) in [5, 5.41) is 12.0. The average molecular weight is 495 g/mol. The molecular weight excluding hydrogens is 442 g/mol. The van der Waals surface area contributed by atoms with Crippen LogP contribution in [0, 0.1) is 0 Å². The molecular formula is C24H52N3O5S+. The Morgan fingerprint density at radius 1 is 1.00 bits per heavy atom. The normalized spacial score (nSPS) is 13.9. The first-order valence-corrected chi connectivity index (χ1v) is 14.0.